The molecule has 1 aliphatic rings. The van der Waals surface area contributed by atoms with Crippen molar-refractivity contribution in [2.45, 2.75) is 31.0 Å². The highest BCUT2D eigenvalue weighted by atomic mass is 32.1. The van der Waals surface area contributed by atoms with Gasteiger partial charge in [0.1, 0.15) is 23.9 Å². The molecule has 0 bridgehead atoms. The highest BCUT2D eigenvalue weighted by molar-refractivity contribution is 7.80. The summed E-state index contributed by atoms with van der Waals surface area (Å²) in [5.41, 5.74) is 1.35. The second-order valence-corrected chi connectivity index (χ2v) is 9.62. The normalized spacial score (nSPS) is 21.6. The van der Waals surface area contributed by atoms with E-state index in [1.54, 1.807) is 42.5 Å². The Morgan fingerprint density at radius 3 is 1.66 bits per heavy atom. The summed E-state index contributed by atoms with van der Waals surface area (Å²) >= 11 is 4.11. The SMILES string of the molecule is O=C1CNC(=O)[C@H](Cc2ccccc2)NC(=O)CNC(=O)[C@H](Cc2ccc(O)cc2)NC(=O)[C@H](CS)NC(=O)CN1. The summed E-state index contributed by atoms with van der Waals surface area (Å²) in [4.78, 5) is 76.3. The molecule has 6 amide bonds. The summed E-state index contributed by atoms with van der Waals surface area (Å²) in [7, 11) is 0. The molecule has 0 saturated carbocycles. The van der Waals surface area contributed by atoms with Crippen LogP contribution >= 0.6 is 12.6 Å². The van der Waals surface area contributed by atoms with Crippen molar-refractivity contribution in [2.75, 3.05) is 25.4 Å². The minimum atomic E-state index is -1.17. The fourth-order valence-corrected chi connectivity index (χ4v) is 4.17. The fourth-order valence-electron chi connectivity index (χ4n) is 3.92. The van der Waals surface area contributed by atoms with Gasteiger partial charge in [-0.25, -0.2) is 0 Å². The second kappa shape index (κ2) is 15.3. The maximum Gasteiger partial charge on any atom is 0.244 e. The van der Waals surface area contributed by atoms with Crippen LogP contribution in [0.25, 0.3) is 0 Å². The maximum absolute atomic E-state index is 13.1. The van der Waals surface area contributed by atoms with Gasteiger partial charge in [0, 0.05) is 18.6 Å². The lowest BCUT2D eigenvalue weighted by Gasteiger charge is -2.23. The summed E-state index contributed by atoms with van der Waals surface area (Å²) in [6.07, 6.45) is 0.114. The minimum Gasteiger partial charge on any atom is -0.508 e. The van der Waals surface area contributed by atoms with E-state index < -0.39 is 73.2 Å². The Morgan fingerprint density at radius 1 is 0.585 bits per heavy atom. The number of thiol groups is 1. The number of nitrogens with one attached hydrogen (secondary N) is 6. The van der Waals surface area contributed by atoms with Crippen molar-refractivity contribution in [3.8, 4) is 5.75 Å². The van der Waals surface area contributed by atoms with Crippen LogP contribution in [0.2, 0.25) is 0 Å². The number of benzene rings is 2. The summed E-state index contributed by atoms with van der Waals surface area (Å²) in [6.45, 7) is -1.44. The Morgan fingerprint density at radius 2 is 1.07 bits per heavy atom. The van der Waals surface area contributed by atoms with Gasteiger partial charge in [-0.05, 0) is 23.3 Å². The first-order chi connectivity index (χ1) is 19.6. The van der Waals surface area contributed by atoms with Crippen LogP contribution in [0.15, 0.2) is 54.6 Å². The molecule has 218 valence electrons. The summed E-state index contributed by atoms with van der Waals surface area (Å²) in [5, 5.41) is 24.4. The third kappa shape index (κ3) is 10.1. The van der Waals surface area contributed by atoms with Crippen LogP contribution in [0, 0.1) is 0 Å². The molecule has 2 aromatic carbocycles. The molecular weight excluding hydrogens is 552 g/mol. The number of carbonyl (C=O) groups excluding carboxylic acids is 6. The molecule has 0 radical (unpaired) electrons. The van der Waals surface area contributed by atoms with E-state index in [0.717, 1.165) is 5.56 Å². The highest BCUT2D eigenvalue weighted by Crippen LogP contribution is 2.12. The molecule has 1 saturated heterocycles. The Bertz CT molecular complexity index is 1260. The van der Waals surface area contributed by atoms with Crippen LogP contribution in [0.1, 0.15) is 11.1 Å². The van der Waals surface area contributed by atoms with Gasteiger partial charge in [-0.3, -0.25) is 28.8 Å². The first kappa shape index (κ1) is 30.9. The third-order valence-electron chi connectivity index (χ3n) is 6.07. The quantitative estimate of drug-likeness (QED) is 0.185. The topological polar surface area (TPSA) is 195 Å². The van der Waals surface area contributed by atoms with Crippen LogP contribution in [-0.4, -0.2) is 84.1 Å². The van der Waals surface area contributed by atoms with Crippen LogP contribution < -0.4 is 31.9 Å². The molecule has 0 unspecified atom stereocenters. The molecule has 3 rings (SSSR count). The molecular formula is C27H32N6O7S. The largest absolute Gasteiger partial charge is 0.508 e. The van der Waals surface area contributed by atoms with Crippen molar-refractivity contribution in [3.05, 3.63) is 65.7 Å². The minimum absolute atomic E-state index is 0.00179. The molecule has 41 heavy (non-hydrogen) atoms. The van der Waals surface area contributed by atoms with Gasteiger partial charge in [-0.2, -0.15) is 12.6 Å². The van der Waals surface area contributed by atoms with Crippen molar-refractivity contribution in [2.24, 2.45) is 0 Å². The molecule has 13 nitrogen and oxygen atoms in total. The number of rotatable bonds is 5. The number of aromatic hydroxyl groups is 1. The van der Waals surface area contributed by atoms with Crippen LogP contribution in [0.4, 0.5) is 0 Å². The average molecular weight is 585 g/mol. The first-order valence-corrected chi connectivity index (χ1v) is 13.4. The Kier molecular flexibility index (Phi) is 11.5. The molecule has 14 heteroatoms. The van der Waals surface area contributed by atoms with E-state index in [4.69, 9.17) is 0 Å². The lowest BCUT2D eigenvalue weighted by Crippen LogP contribution is -2.57. The molecule has 1 fully saturated rings. The van der Waals surface area contributed by atoms with Crippen molar-refractivity contribution in [3.63, 3.8) is 0 Å². The monoisotopic (exact) mass is 584 g/mol. The van der Waals surface area contributed by atoms with Crippen molar-refractivity contribution >= 4 is 48.1 Å². The molecule has 7 N–H and O–H groups in total. The lowest BCUT2D eigenvalue weighted by atomic mass is 10.0. The number of hydrogen-bond donors (Lipinski definition) is 8. The highest BCUT2D eigenvalue weighted by Gasteiger charge is 2.28. The number of hydrogen-bond acceptors (Lipinski definition) is 8. The number of carbonyl (C=O) groups is 6. The van der Waals surface area contributed by atoms with E-state index >= 15 is 0 Å². The summed E-state index contributed by atoms with van der Waals surface area (Å²) in [5.74, 6) is -4.15. The number of phenols is 1. The molecule has 0 spiro atoms. The van der Waals surface area contributed by atoms with Gasteiger partial charge >= 0.3 is 0 Å². The van der Waals surface area contributed by atoms with E-state index in [9.17, 15) is 33.9 Å². The molecule has 0 aliphatic carbocycles. The third-order valence-corrected chi connectivity index (χ3v) is 6.44. The zero-order chi connectivity index (χ0) is 29.8. The predicted molar refractivity (Wildman–Crippen MR) is 151 cm³/mol. The van der Waals surface area contributed by atoms with E-state index in [0.29, 0.717) is 5.56 Å². The molecule has 1 heterocycles. The summed E-state index contributed by atoms with van der Waals surface area (Å²) in [6, 6.07) is 11.5. The number of amides is 6. The van der Waals surface area contributed by atoms with E-state index in [2.05, 4.69) is 44.5 Å². The van der Waals surface area contributed by atoms with Crippen LogP contribution in [0.5, 0.6) is 5.75 Å². The standard InChI is InChI=1S/C27H32N6O7S/c34-18-8-6-17(7-9-18)11-20-26(39)30-14-24(37)31-19(10-16-4-2-1-3-5-16)25(38)29-12-22(35)28-13-23(36)32-21(15-41)27(40)33-20/h1-9,19-21,34,41H,10-15H2,(H,28,35)(H,29,38)(H,30,39)(H,31,37)(H,32,36)(H,33,40)/t19-,20-,21-/m0/s1. The predicted octanol–water partition coefficient (Wildman–Crippen LogP) is -2.08. The van der Waals surface area contributed by atoms with Gasteiger partial charge in [-0.1, -0.05) is 42.5 Å². The van der Waals surface area contributed by atoms with Gasteiger partial charge < -0.3 is 37.0 Å². The van der Waals surface area contributed by atoms with Crippen molar-refractivity contribution in [1.29, 1.82) is 0 Å². The van der Waals surface area contributed by atoms with Gasteiger partial charge in [0.05, 0.1) is 19.6 Å². The average Bonchev–Trinajstić information content (AvgIpc) is 2.96. The van der Waals surface area contributed by atoms with Gasteiger partial charge in [0.15, 0.2) is 0 Å². The van der Waals surface area contributed by atoms with E-state index in [1.807, 2.05) is 0 Å². The van der Waals surface area contributed by atoms with E-state index in [-0.39, 0.29) is 24.3 Å². The molecule has 2 aromatic rings. The Labute approximate surface area is 241 Å². The second-order valence-electron chi connectivity index (χ2n) is 9.26. The Balaban J connectivity index is 1.82. The number of phenolic OH excluding ortho intramolecular Hbond substituents is 1. The molecule has 3 atom stereocenters. The fraction of sp³-hybridized carbons (Fsp3) is 0.333. The maximum atomic E-state index is 13.1. The van der Waals surface area contributed by atoms with Gasteiger partial charge in [0.25, 0.3) is 0 Å². The van der Waals surface area contributed by atoms with Crippen molar-refractivity contribution < 1.29 is 33.9 Å². The van der Waals surface area contributed by atoms with E-state index in [1.165, 1.54) is 12.1 Å². The van der Waals surface area contributed by atoms with Crippen LogP contribution in [0.3, 0.4) is 0 Å². The first-order valence-electron chi connectivity index (χ1n) is 12.8. The summed E-state index contributed by atoms with van der Waals surface area (Å²) < 4.78 is 0. The van der Waals surface area contributed by atoms with Gasteiger partial charge in [-0.15, -0.1) is 0 Å². The smallest absolute Gasteiger partial charge is 0.244 e. The molecule has 0 aromatic heterocycles. The molecule has 1 aliphatic heterocycles. The zero-order valence-corrected chi connectivity index (χ0v) is 22.9. The van der Waals surface area contributed by atoms with Gasteiger partial charge in [0.2, 0.25) is 35.4 Å². The van der Waals surface area contributed by atoms with Crippen molar-refractivity contribution in [1.82, 2.24) is 31.9 Å². The lowest BCUT2D eigenvalue weighted by molar-refractivity contribution is -0.133. The Hall–Kier alpha value is -4.59. The zero-order valence-electron chi connectivity index (χ0n) is 22.0. The van der Waals surface area contributed by atoms with Crippen LogP contribution in [-0.2, 0) is 41.6 Å².